The Morgan fingerprint density at radius 1 is 1.14 bits per heavy atom. The van der Waals surface area contributed by atoms with Gasteiger partial charge in [-0.15, -0.1) is 0 Å². The number of carbonyl (C=O) groups is 1. The summed E-state index contributed by atoms with van der Waals surface area (Å²) in [7, 11) is 0. The number of H-pyrrole nitrogens is 1. The number of para-hydroxylation sites is 2. The van der Waals surface area contributed by atoms with Crippen LogP contribution in [0.3, 0.4) is 0 Å². The number of ether oxygens (including phenoxy) is 1. The molecule has 0 aliphatic rings. The number of hydrogen-bond acceptors (Lipinski definition) is 4. The highest BCUT2D eigenvalue weighted by molar-refractivity contribution is 7.71. The van der Waals surface area contributed by atoms with E-state index in [1.807, 2.05) is 54.6 Å². The zero-order valence-corrected chi connectivity index (χ0v) is 12.4. The van der Waals surface area contributed by atoms with Crippen LogP contribution in [0.2, 0.25) is 0 Å². The number of aromatic amines is 1. The van der Waals surface area contributed by atoms with Crippen molar-refractivity contribution in [2.75, 3.05) is 5.32 Å². The van der Waals surface area contributed by atoms with Crippen molar-refractivity contribution in [2.24, 2.45) is 0 Å². The first-order valence-electron chi connectivity index (χ1n) is 6.69. The first-order valence-corrected chi connectivity index (χ1v) is 7.10. The topological polar surface area (TPSA) is 67.0 Å². The number of aromatic nitrogens is 2. The molecule has 1 amide bonds. The van der Waals surface area contributed by atoms with E-state index in [0.717, 1.165) is 16.6 Å². The first-order chi connectivity index (χ1) is 10.7. The number of benzene rings is 2. The zero-order valence-electron chi connectivity index (χ0n) is 11.6. The number of nitrogens with one attached hydrogen (secondary N) is 2. The summed E-state index contributed by atoms with van der Waals surface area (Å²) < 4.78 is 5.51. The molecule has 0 aliphatic heterocycles. The minimum Gasteiger partial charge on any atom is -0.444 e. The van der Waals surface area contributed by atoms with E-state index in [-0.39, 0.29) is 12.4 Å². The molecule has 6 heteroatoms. The monoisotopic (exact) mass is 311 g/mol. The lowest BCUT2D eigenvalue weighted by Gasteiger charge is -2.07. The van der Waals surface area contributed by atoms with Crippen molar-refractivity contribution in [3.05, 3.63) is 64.8 Å². The van der Waals surface area contributed by atoms with Gasteiger partial charge in [0.1, 0.15) is 11.2 Å². The van der Waals surface area contributed by atoms with Gasteiger partial charge in [0.25, 0.3) is 0 Å². The molecule has 0 bridgehead atoms. The smallest absolute Gasteiger partial charge is 0.413 e. The SMILES string of the molecule is O=C(Nc1nc2ccccc2[nH]c1=S)OCc1ccccc1. The average molecular weight is 311 g/mol. The molecule has 0 radical (unpaired) electrons. The number of anilines is 1. The predicted molar refractivity (Wildman–Crippen MR) is 87.2 cm³/mol. The van der Waals surface area contributed by atoms with Crippen LogP contribution in [-0.4, -0.2) is 16.1 Å². The molecule has 1 heterocycles. The lowest BCUT2D eigenvalue weighted by molar-refractivity contribution is 0.155. The van der Waals surface area contributed by atoms with Crippen LogP contribution in [0, 0.1) is 4.64 Å². The van der Waals surface area contributed by atoms with E-state index < -0.39 is 6.09 Å². The maximum absolute atomic E-state index is 11.8. The van der Waals surface area contributed by atoms with Crippen LogP contribution in [0.5, 0.6) is 0 Å². The van der Waals surface area contributed by atoms with E-state index in [4.69, 9.17) is 17.0 Å². The number of hydrogen-bond donors (Lipinski definition) is 2. The molecule has 0 aliphatic carbocycles. The molecule has 0 saturated carbocycles. The fourth-order valence-corrected chi connectivity index (χ4v) is 2.18. The van der Waals surface area contributed by atoms with Gasteiger partial charge in [-0.25, -0.2) is 9.78 Å². The molecule has 1 aromatic heterocycles. The van der Waals surface area contributed by atoms with Crippen molar-refractivity contribution in [1.29, 1.82) is 0 Å². The van der Waals surface area contributed by atoms with Crippen LogP contribution in [0.25, 0.3) is 11.0 Å². The fraction of sp³-hybridized carbons (Fsp3) is 0.0625. The Morgan fingerprint density at radius 2 is 1.86 bits per heavy atom. The van der Waals surface area contributed by atoms with Crippen molar-refractivity contribution in [2.45, 2.75) is 6.61 Å². The molecule has 5 nitrogen and oxygen atoms in total. The molecular weight excluding hydrogens is 298 g/mol. The summed E-state index contributed by atoms with van der Waals surface area (Å²) in [5.74, 6) is 0.284. The second kappa shape index (κ2) is 6.36. The van der Waals surface area contributed by atoms with Crippen LogP contribution in [0.15, 0.2) is 54.6 Å². The van der Waals surface area contributed by atoms with Crippen molar-refractivity contribution >= 4 is 35.2 Å². The zero-order chi connectivity index (χ0) is 15.4. The van der Waals surface area contributed by atoms with Gasteiger partial charge >= 0.3 is 6.09 Å². The van der Waals surface area contributed by atoms with Gasteiger partial charge < -0.3 is 9.72 Å². The lowest BCUT2D eigenvalue weighted by atomic mass is 10.2. The fourth-order valence-electron chi connectivity index (χ4n) is 1.97. The summed E-state index contributed by atoms with van der Waals surface area (Å²) in [5.41, 5.74) is 2.44. The van der Waals surface area contributed by atoms with Gasteiger partial charge in [0.05, 0.1) is 11.0 Å². The minimum absolute atomic E-state index is 0.191. The van der Waals surface area contributed by atoms with Crippen LogP contribution in [-0.2, 0) is 11.3 Å². The molecule has 2 aromatic carbocycles. The molecule has 0 atom stereocenters. The van der Waals surface area contributed by atoms with Gasteiger partial charge in [-0.3, -0.25) is 5.32 Å². The predicted octanol–water partition coefficient (Wildman–Crippen LogP) is 4.04. The second-order valence-corrected chi connectivity index (χ2v) is 5.03. The molecule has 22 heavy (non-hydrogen) atoms. The lowest BCUT2D eigenvalue weighted by Crippen LogP contribution is -2.15. The highest BCUT2D eigenvalue weighted by atomic mass is 32.1. The third-order valence-corrected chi connectivity index (χ3v) is 3.33. The largest absolute Gasteiger partial charge is 0.444 e. The highest BCUT2D eigenvalue weighted by Crippen LogP contribution is 2.13. The minimum atomic E-state index is -0.592. The molecule has 0 fully saturated rings. The molecule has 0 unspecified atom stereocenters. The quantitative estimate of drug-likeness (QED) is 0.716. The number of rotatable bonds is 3. The van der Waals surface area contributed by atoms with Crippen LogP contribution in [0.4, 0.5) is 10.6 Å². The van der Waals surface area contributed by atoms with Crippen molar-refractivity contribution in [3.8, 4) is 0 Å². The molecule has 0 saturated heterocycles. The summed E-state index contributed by atoms with van der Waals surface area (Å²) >= 11 is 5.19. The van der Waals surface area contributed by atoms with Gasteiger partial charge in [0.15, 0.2) is 5.82 Å². The maximum atomic E-state index is 11.8. The third kappa shape index (κ3) is 3.29. The van der Waals surface area contributed by atoms with Gasteiger partial charge in [-0.05, 0) is 17.7 Å². The normalized spacial score (nSPS) is 10.4. The average Bonchev–Trinajstić information content (AvgIpc) is 2.55. The Balaban J connectivity index is 1.71. The Bertz CT molecular complexity index is 862. The van der Waals surface area contributed by atoms with Crippen molar-refractivity contribution < 1.29 is 9.53 Å². The Morgan fingerprint density at radius 3 is 2.68 bits per heavy atom. The highest BCUT2D eigenvalue weighted by Gasteiger charge is 2.08. The molecule has 3 aromatic rings. The number of nitrogens with zero attached hydrogens (tertiary/aromatic N) is 1. The van der Waals surface area contributed by atoms with E-state index in [9.17, 15) is 4.79 Å². The number of carbonyl (C=O) groups excluding carboxylic acids is 1. The Kier molecular flexibility index (Phi) is 4.11. The summed E-state index contributed by atoms with van der Waals surface area (Å²) in [6.45, 7) is 0.191. The van der Waals surface area contributed by atoms with Crippen LogP contribution < -0.4 is 5.32 Å². The van der Waals surface area contributed by atoms with E-state index in [1.54, 1.807) is 0 Å². The second-order valence-electron chi connectivity index (χ2n) is 4.62. The molecule has 2 N–H and O–H groups in total. The Hall–Kier alpha value is -2.73. The van der Waals surface area contributed by atoms with Gasteiger partial charge in [-0.2, -0.15) is 0 Å². The van der Waals surface area contributed by atoms with Gasteiger partial charge in [0, 0.05) is 0 Å². The summed E-state index contributed by atoms with van der Waals surface area (Å²) in [6, 6.07) is 16.9. The summed E-state index contributed by atoms with van der Waals surface area (Å²) in [4.78, 5) is 19.2. The maximum Gasteiger partial charge on any atom is 0.413 e. The third-order valence-electron chi connectivity index (χ3n) is 3.03. The standard InChI is InChI=1S/C16H13N3O2S/c20-16(21-10-11-6-2-1-3-7-11)19-14-15(22)18-13-9-5-4-8-12(13)17-14/h1-9H,10H2,(H,18,22)(H,17,19,20). The number of fused-ring (bicyclic) bond motifs is 1. The summed E-state index contributed by atoms with van der Waals surface area (Å²) in [6.07, 6.45) is -0.592. The molecule has 0 spiro atoms. The van der Waals surface area contributed by atoms with E-state index in [2.05, 4.69) is 15.3 Å². The number of amides is 1. The van der Waals surface area contributed by atoms with Crippen molar-refractivity contribution in [3.63, 3.8) is 0 Å². The van der Waals surface area contributed by atoms with Crippen molar-refractivity contribution in [1.82, 2.24) is 9.97 Å². The first kappa shape index (κ1) is 14.2. The molecule has 3 rings (SSSR count). The van der Waals surface area contributed by atoms with Gasteiger partial charge in [0.2, 0.25) is 0 Å². The van der Waals surface area contributed by atoms with Gasteiger partial charge in [-0.1, -0.05) is 54.7 Å². The van der Waals surface area contributed by atoms with E-state index in [1.165, 1.54) is 0 Å². The van der Waals surface area contributed by atoms with Crippen LogP contribution in [0.1, 0.15) is 5.56 Å². The summed E-state index contributed by atoms with van der Waals surface area (Å²) in [5, 5.41) is 2.56. The van der Waals surface area contributed by atoms with Crippen LogP contribution >= 0.6 is 12.2 Å². The molecular formula is C16H13N3O2S. The van der Waals surface area contributed by atoms with E-state index >= 15 is 0 Å². The Labute approximate surface area is 132 Å². The van der Waals surface area contributed by atoms with E-state index in [0.29, 0.717) is 4.64 Å². The molecule has 110 valence electrons.